The number of nitrogens with zero attached hydrogens (tertiary/aromatic N) is 1. The van der Waals surface area contributed by atoms with Crippen LogP contribution in [0.3, 0.4) is 0 Å². The smallest absolute Gasteiger partial charge is 0.189 e. The average molecular weight is 215 g/mol. The molecule has 0 fully saturated rings. The molecule has 0 radical (unpaired) electrons. The van der Waals surface area contributed by atoms with Crippen molar-refractivity contribution in [3.8, 4) is 0 Å². The zero-order chi connectivity index (χ0) is 12.3. The Labute approximate surface area is 96.1 Å². The summed E-state index contributed by atoms with van der Waals surface area (Å²) in [5, 5.41) is 0. The van der Waals surface area contributed by atoms with E-state index >= 15 is 0 Å². The summed E-state index contributed by atoms with van der Waals surface area (Å²) in [6.45, 7) is 16.2. The fourth-order valence-electron chi connectivity index (χ4n) is 1.47. The van der Waals surface area contributed by atoms with Crippen LogP contribution in [0.15, 0.2) is 4.99 Å². The first-order valence-corrected chi connectivity index (χ1v) is 6.26. The molecule has 0 aromatic rings. The maximum atomic E-state index is 5.55. The highest BCUT2D eigenvalue weighted by atomic mass is 16.5. The lowest BCUT2D eigenvalue weighted by atomic mass is 9.88. The van der Waals surface area contributed by atoms with Gasteiger partial charge in [-0.15, -0.1) is 0 Å². The van der Waals surface area contributed by atoms with E-state index in [-0.39, 0.29) is 5.41 Å². The van der Waals surface area contributed by atoms with Gasteiger partial charge in [-0.1, -0.05) is 41.0 Å². The van der Waals surface area contributed by atoms with Gasteiger partial charge in [0, 0.05) is 12.0 Å². The maximum absolute atomic E-state index is 5.55. The van der Waals surface area contributed by atoms with Crippen molar-refractivity contribution in [3.05, 3.63) is 0 Å². The largest absolute Gasteiger partial charge is 0.481 e. The Morgan fingerprint density at radius 3 is 2.00 bits per heavy atom. The van der Waals surface area contributed by atoms with E-state index in [0.29, 0.717) is 6.61 Å². The van der Waals surface area contributed by atoms with E-state index in [4.69, 9.17) is 4.74 Å². The Bertz CT molecular complexity index is 162. The molecule has 0 aliphatic heterocycles. The molecule has 0 unspecified atom stereocenters. The molecular formula is C13H29NO. The molecule has 92 valence electrons. The lowest BCUT2D eigenvalue weighted by molar-refractivity contribution is 0.262. The van der Waals surface area contributed by atoms with Crippen molar-refractivity contribution >= 4 is 5.90 Å². The van der Waals surface area contributed by atoms with Gasteiger partial charge in [-0.2, -0.15) is 0 Å². The van der Waals surface area contributed by atoms with Gasteiger partial charge < -0.3 is 4.74 Å². The van der Waals surface area contributed by atoms with E-state index < -0.39 is 0 Å². The van der Waals surface area contributed by atoms with Crippen LogP contribution in [0, 0.1) is 5.41 Å². The molecule has 0 spiro atoms. The Morgan fingerprint density at radius 2 is 1.67 bits per heavy atom. The van der Waals surface area contributed by atoms with Crippen molar-refractivity contribution in [3.63, 3.8) is 0 Å². The van der Waals surface area contributed by atoms with Crippen LogP contribution in [0.2, 0.25) is 0 Å². The summed E-state index contributed by atoms with van der Waals surface area (Å²) in [7, 11) is 0. The van der Waals surface area contributed by atoms with E-state index in [9.17, 15) is 0 Å². The van der Waals surface area contributed by atoms with Gasteiger partial charge in [-0.3, -0.25) is 4.99 Å². The third-order valence-electron chi connectivity index (χ3n) is 2.04. The zero-order valence-electron chi connectivity index (χ0n) is 11.7. The molecule has 15 heavy (non-hydrogen) atoms. The second-order valence-electron chi connectivity index (χ2n) is 3.85. The van der Waals surface area contributed by atoms with Crippen LogP contribution in [0.1, 0.15) is 61.3 Å². The van der Waals surface area contributed by atoms with Gasteiger partial charge in [0.1, 0.15) is 0 Å². The molecule has 0 aliphatic carbocycles. The van der Waals surface area contributed by atoms with Crippen LogP contribution in [-0.4, -0.2) is 19.0 Å². The van der Waals surface area contributed by atoms with Gasteiger partial charge in [0.05, 0.1) is 6.61 Å². The lowest BCUT2D eigenvalue weighted by Crippen LogP contribution is -2.27. The predicted octanol–water partition coefficient (Wildman–Crippen LogP) is 4.29. The second kappa shape index (κ2) is 10.0. The highest BCUT2D eigenvalue weighted by molar-refractivity contribution is 5.81. The average Bonchev–Trinajstić information content (AvgIpc) is 2.20. The van der Waals surface area contributed by atoms with Crippen LogP contribution in [0.25, 0.3) is 0 Å². The molecule has 0 N–H and O–H groups in total. The summed E-state index contributed by atoms with van der Waals surface area (Å²) in [4.78, 5) is 4.40. The lowest BCUT2D eigenvalue weighted by Gasteiger charge is -2.25. The summed E-state index contributed by atoms with van der Waals surface area (Å²) in [5.74, 6) is 0.916. The zero-order valence-corrected chi connectivity index (χ0v) is 11.7. The van der Waals surface area contributed by atoms with Crippen molar-refractivity contribution in [2.45, 2.75) is 61.3 Å². The van der Waals surface area contributed by atoms with E-state index in [1.54, 1.807) is 0 Å². The molecule has 0 aliphatic rings. The first kappa shape index (κ1) is 16.9. The molecule has 0 saturated carbocycles. The van der Waals surface area contributed by atoms with Gasteiger partial charge in [-0.05, 0) is 20.3 Å². The molecule has 0 heterocycles. The SMILES string of the molecule is CC.CCCC(C)(C)C(=NCC)OCC. The minimum absolute atomic E-state index is 0.0980. The molecular weight excluding hydrogens is 186 g/mol. The Hall–Kier alpha value is -0.530. The predicted molar refractivity (Wildman–Crippen MR) is 69.6 cm³/mol. The Morgan fingerprint density at radius 1 is 1.13 bits per heavy atom. The first-order chi connectivity index (χ1) is 7.08. The van der Waals surface area contributed by atoms with Crippen LogP contribution in [-0.2, 0) is 4.74 Å². The van der Waals surface area contributed by atoms with Crippen molar-refractivity contribution in [1.82, 2.24) is 0 Å². The number of hydrogen-bond donors (Lipinski definition) is 0. The highest BCUT2D eigenvalue weighted by Gasteiger charge is 2.25. The quantitative estimate of drug-likeness (QED) is 0.495. The topological polar surface area (TPSA) is 21.6 Å². The molecule has 2 heteroatoms. The van der Waals surface area contributed by atoms with E-state index in [1.165, 1.54) is 6.42 Å². The summed E-state index contributed by atoms with van der Waals surface area (Å²) in [5.41, 5.74) is 0.0980. The molecule has 0 aromatic heterocycles. The fourth-order valence-corrected chi connectivity index (χ4v) is 1.47. The standard InChI is InChI=1S/C11H23NO.C2H6/c1-6-9-11(4,5)10(12-7-2)13-8-3;1-2/h6-9H2,1-5H3;1-2H3. The van der Waals surface area contributed by atoms with Crippen LogP contribution in [0.4, 0.5) is 0 Å². The third-order valence-corrected chi connectivity index (χ3v) is 2.04. The van der Waals surface area contributed by atoms with Crippen molar-refractivity contribution in [1.29, 1.82) is 0 Å². The summed E-state index contributed by atoms with van der Waals surface area (Å²) < 4.78 is 5.55. The summed E-state index contributed by atoms with van der Waals surface area (Å²) in [6.07, 6.45) is 2.30. The van der Waals surface area contributed by atoms with E-state index in [0.717, 1.165) is 18.9 Å². The van der Waals surface area contributed by atoms with Gasteiger partial charge in [0.2, 0.25) is 0 Å². The van der Waals surface area contributed by atoms with Crippen LogP contribution >= 0.6 is 0 Å². The maximum Gasteiger partial charge on any atom is 0.189 e. The Kier molecular flexibility index (Phi) is 11.3. The fraction of sp³-hybridized carbons (Fsp3) is 0.923. The van der Waals surface area contributed by atoms with Crippen molar-refractivity contribution in [2.75, 3.05) is 13.2 Å². The van der Waals surface area contributed by atoms with Gasteiger partial charge >= 0.3 is 0 Å². The molecule has 0 saturated heterocycles. The van der Waals surface area contributed by atoms with Gasteiger partial charge in [0.25, 0.3) is 0 Å². The molecule has 0 amide bonds. The molecule has 0 aromatic carbocycles. The van der Waals surface area contributed by atoms with Gasteiger partial charge in [0.15, 0.2) is 5.90 Å². The van der Waals surface area contributed by atoms with Gasteiger partial charge in [-0.25, -0.2) is 0 Å². The molecule has 0 rings (SSSR count). The molecule has 0 bridgehead atoms. The van der Waals surface area contributed by atoms with Crippen molar-refractivity contribution in [2.24, 2.45) is 10.4 Å². The highest BCUT2D eigenvalue weighted by Crippen LogP contribution is 2.25. The Balaban J connectivity index is 0. The third kappa shape index (κ3) is 7.40. The van der Waals surface area contributed by atoms with Crippen LogP contribution < -0.4 is 0 Å². The number of rotatable bonds is 5. The summed E-state index contributed by atoms with van der Waals surface area (Å²) in [6, 6.07) is 0. The molecule has 0 atom stereocenters. The normalized spacial score (nSPS) is 11.8. The second-order valence-corrected chi connectivity index (χ2v) is 3.85. The number of hydrogen-bond acceptors (Lipinski definition) is 2. The van der Waals surface area contributed by atoms with E-state index in [1.807, 2.05) is 27.7 Å². The minimum atomic E-state index is 0.0980. The minimum Gasteiger partial charge on any atom is -0.481 e. The molecule has 2 nitrogen and oxygen atoms in total. The van der Waals surface area contributed by atoms with Crippen LogP contribution in [0.5, 0.6) is 0 Å². The van der Waals surface area contributed by atoms with Crippen molar-refractivity contribution < 1.29 is 4.74 Å². The summed E-state index contributed by atoms with van der Waals surface area (Å²) >= 11 is 0. The monoisotopic (exact) mass is 215 g/mol. The number of aliphatic imine (C=N–C) groups is 1. The first-order valence-electron chi connectivity index (χ1n) is 6.26. The number of ether oxygens (including phenoxy) is 1. The van der Waals surface area contributed by atoms with E-state index in [2.05, 4.69) is 25.8 Å².